The second kappa shape index (κ2) is 8.19. The molecule has 1 aromatic heterocycles. The topological polar surface area (TPSA) is 64.0 Å². The fourth-order valence-corrected chi connectivity index (χ4v) is 3.68. The van der Waals surface area contributed by atoms with E-state index in [1.54, 1.807) is 4.57 Å². The third-order valence-corrected chi connectivity index (χ3v) is 5.01. The number of aromatic nitrogens is 2. The molecule has 3 aromatic rings. The second-order valence-corrected chi connectivity index (χ2v) is 6.93. The van der Waals surface area contributed by atoms with Crippen molar-refractivity contribution in [2.75, 3.05) is 12.3 Å². The third kappa shape index (κ3) is 3.80. The molecule has 5 nitrogen and oxygen atoms in total. The molecule has 0 radical (unpaired) electrons. The molecular formula is C20H21N3O2S. The number of thioether (sulfide) groups is 1. The standard InChI is InChI=1S/C20H21N3O2S/c1-3-15-8-4-7-11-18(15)23-19(25)16-9-5-6-10-17(16)22-20(23)26-13-12-21-14(2)24/h4-11H,3,12-13H2,1-2H3,(H,21,24). The largest absolute Gasteiger partial charge is 0.356 e. The lowest BCUT2D eigenvalue weighted by Crippen LogP contribution is -2.25. The van der Waals surface area contributed by atoms with E-state index in [1.807, 2.05) is 48.5 Å². The van der Waals surface area contributed by atoms with Crippen molar-refractivity contribution in [1.29, 1.82) is 0 Å². The van der Waals surface area contributed by atoms with Crippen LogP contribution in [0.1, 0.15) is 19.4 Å². The van der Waals surface area contributed by atoms with E-state index >= 15 is 0 Å². The number of nitrogens with one attached hydrogen (secondary N) is 1. The van der Waals surface area contributed by atoms with Gasteiger partial charge in [0.05, 0.1) is 16.6 Å². The molecule has 134 valence electrons. The molecule has 1 amide bonds. The summed E-state index contributed by atoms with van der Waals surface area (Å²) in [5, 5.41) is 4.01. The van der Waals surface area contributed by atoms with Crippen LogP contribution in [0.5, 0.6) is 0 Å². The van der Waals surface area contributed by atoms with Crippen molar-refractivity contribution in [2.24, 2.45) is 0 Å². The van der Waals surface area contributed by atoms with Crippen molar-refractivity contribution in [1.82, 2.24) is 14.9 Å². The van der Waals surface area contributed by atoms with E-state index < -0.39 is 0 Å². The summed E-state index contributed by atoms with van der Waals surface area (Å²) in [6.07, 6.45) is 0.825. The van der Waals surface area contributed by atoms with Gasteiger partial charge in [0.2, 0.25) is 5.91 Å². The SMILES string of the molecule is CCc1ccccc1-n1c(SCCNC(C)=O)nc2ccccc2c1=O. The van der Waals surface area contributed by atoms with Crippen LogP contribution in [0, 0.1) is 0 Å². The zero-order valence-electron chi connectivity index (χ0n) is 14.9. The Morgan fingerprint density at radius 1 is 1.15 bits per heavy atom. The van der Waals surface area contributed by atoms with Gasteiger partial charge in [-0.1, -0.05) is 49.0 Å². The van der Waals surface area contributed by atoms with Gasteiger partial charge in [-0.05, 0) is 30.2 Å². The first kappa shape index (κ1) is 18.2. The lowest BCUT2D eigenvalue weighted by atomic mass is 10.1. The number of hydrogen-bond donors (Lipinski definition) is 1. The lowest BCUT2D eigenvalue weighted by Gasteiger charge is -2.16. The lowest BCUT2D eigenvalue weighted by molar-refractivity contribution is -0.118. The van der Waals surface area contributed by atoms with Gasteiger partial charge in [0.15, 0.2) is 5.16 Å². The summed E-state index contributed by atoms with van der Waals surface area (Å²) in [6.45, 7) is 4.09. The maximum Gasteiger partial charge on any atom is 0.266 e. The molecule has 0 aliphatic heterocycles. The number of benzene rings is 2. The molecule has 0 bridgehead atoms. The number of fused-ring (bicyclic) bond motifs is 1. The van der Waals surface area contributed by atoms with E-state index in [9.17, 15) is 9.59 Å². The average Bonchev–Trinajstić information content (AvgIpc) is 2.65. The van der Waals surface area contributed by atoms with Crippen molar-refractivity contribution in [2.45, 2.75) is 25.4 Å². The van der Waals surface area contributed by atoms with Crippen LogP contribution in [-0.4, -0.2) is 27.8 Å². The highest BCUT2D eigenvalue weighted by molar-refractivity contribution is 7.99. The number of hydrogen-bond acceptors (Lipinski definition) is 4. The molecular weight excluding hydrogens is 346 g/mol. The van der Waals surface area contributed by atoms with Gasteiger partial charge in [-0.25, -0.2) is 4.98 Å². The summed E-state index contributed by atoms with van der Waals surface area (Å²) in [7, 11) is 0. The minimum absolute atomic E-state index is 0.0641. The number of para-hydroxylation sites is 2. The predicted molar refractivity (Wildman–Crippen MR) is 106 cm³/mol. The predicted octanol–water partition coefficient (Wildman–Crippen LogP) is 3.18. The summed E-state index contributed by atoms with van der Waals surface area (Å²) in [5.41, 5.74) is 2.57. The molecule has 1 N–H and O–H groups in total. The van der Waals surface area contributed by atoms with Crippen molar-refractivity contribution in [3.05, 3.63) is 64.4 Å². The van der Waals surface area contributed by atoms with Gasteiger partial charge in [0, 0.05) is 19.2 Å². The first-order valence-electron chi connectivity index (χ1n) is 8.59. The Labute approximate surface area is 156 Å². The molecule has 0 aliphatic carbocycles. The minimum Gasteiger partial charge on any atom is -0.356 e. The molecule has 0 saturated heterocycles. The normalized spacial score (nSPS) is 10.8. The maximum atomic E-state index is 13.2. The number of aryl methyl sites for hydroxylation is 1. The number of nitrogens with zero attached hydrogens (tertiary/aromatic N) is 2. The van der Waals surface area contributed by atoms with Crippen LogP contribution in [0.4, 0.5) is 0 Å². The zero-order chi connectivity index (χ0) is 18.5. The molecule has 0 unspecified atom stereocenters. The van der Waals surface area contributed by atoms with E-state index in [0.717, 1.165) is 17.7 Å². The fourth-order valence-electron chi connectivity index (χ4n) is 2.82. The van der Waals surface area contributed by atoms with Crippen LogP contribution in [0.3, 0.4) is 0 Å². The molecule has 6 heteroatoms. The number of amides is 1. The molecule has 2 aromatic carbocycles. The van der Waals surface area contributed by atoms with Gasteiger partial charge >= 0.3 is 0 Å². The van der Waals surface area contributed by atoms with Gasteiger partial charge in [-0.3, -0.25) is 14.2 Å². The van der Waals surface area contributed by atoms with Crippen molar-refractivity contribution >= 4 is 28.6 Å². The molecule has 0 fully saturated rings. The van der Waals surface area contributed by atoms with Gasteiger partial charge in [0.1, 0.15) is 0 Å². The molecule has 0 atom stereocenters. The van der Waals surface area contributed by atoms with Crippen LogP contribution in [0.25, 0.3) is 16.6 Å². The molecule has 0 spiro atoms. The summed E-state index contributed by atoms with van der Waals surface area (Å²) in [5.74, 6) is 0.573. The molecule has 0 saturated carbocycles. The van der Waals surface area contributed by atoms with Crippen molar-refractivity contribution in [3.8, 4) is 5.69 Å². The van der Waals surface area contributed by atoms with Gasteiger partial charge in [0.25, 0.3) is 5.56 Å². The van der Waals surface area contributed by atoms with Crippen LogP contribution in [0.15, 0.2) is 58.5 Å². The highest BCUT2D eigenvalue weighted by Crippen LogP contribution is 2.23. The van der Waals surface area contributed by atoms with Crippen LogP contribution in [-0.2, 0) is 11.2 Å². The molecule has 0 aliphatic rings. The molecule has 1 heterocycles. The average molecular weight is 367 g/mol. The fraction of sp³-hybridized carbons (Fsp3) is 0.250. The number of carbonyl (C=O) groups excluding carboxylic acids is 1. The summed E-state index contributed by atoms with van der Waals surface area (Å²) < 4.78 is 1.69. The highest BCUT2D eigenvalue weighted by atomic mass is 32.2. The van der Waals surface area contributed by atoms with E-state index in [1.165, 1.54) is 18.7 Å². The maximum absolute atomic E-state index is 13.2. The Balaban J connectivity index is 2.12. The Kier molecular flexibility index (Phi) is 5.73. The quantitative estimate of drug-likeness (QED) is 0.413. The van der Waals surface area contributed by atoms with E-state index in [4.69, 9.17) is 4.98 Å². The summed E-state index contributed by atoms with van der Waals surface area (Å²) in [6, 6.07) is 15.3. The van der Waals surface area contributed by atoms with E-state index in [2.05, 4.69) is 12.2 Å². The van der Waals surface area contributed by atoms with Crippen LogP contribution < -0.4 is 10.9 Å². The van der Waals surface area contributed by atoms with E-state index in [0.29, 0.717) is 28.4 Å². The van der Waals surface area contributed by atoms with Crippen LogP contribution >= 0.6 is 11.8 Å². The Morgan fingerprint density at radius 3 is 2.65 bits per heavy atom. The monoisotopic (exact) mass is 367 g/mol. The smallest absolute Gasteiger partial charge is 0.266 e. The molecule has 3 rings (SSSR count). The van der Waals surface area contributed by atoms with Gasteiger partial charge in [-0.15, -0.1) is 0 Å². The number of rotatable bonds is 6. The molecule has 26 heavy (non-hydrogen) atoms. The van der Waals surface area contributed by atoms with Gasteiger partial charge in [-0.2, -0.15) is 0 Å². The Morgan fingerprint density at radius 2 is 1.88 bits per heavy atom. The Hall–Kier alpha value is -2.60. The Bertz CT molecular complexity index is 998. The highest BCUT2D eigenvalue weighted by Gasteiger charge is 2.15. The summed E-state index contributed by atoms with van der Waals surface area (Å²) >= 11 is 1.47. The third-order valence-electron chi connectivity index (χ3n) is 4.07. The van der Waals surface area contributed by atoms with Gasteiger partial charge < -0.3 is 5.32 Å². The first-order chi connectivity index (χ1) is 12.6. The van der Waals surface area contributed by atoms with Crippen molar-refractivity contribution in [3.63, 3.8) is 0 Å². The van der Waals surface area contributed by atoms with Crippen molar-refractivity contribution < 1.29 is 4.79 Å². The zero-order valence-corrected chi connectivity index (χ0v) is 15.7. The number of carbonyl (C=O) groups is 1. The summed E-state index contributed by atoms with van der Waals surface area (Å²) in [4.78, 5) is 29.0. The second-order valence-electron chi connectivity index (χ2n) is 5.87. The van der Waals surface area contributed by atoms with E-state index in [-0.39, 0.29) is 11.5 Å². The first-order valence-corrected chi connectivity index (χ1v) is 9.57. The minimum atomic E-state index is -0.0708. The van der Waals surface area contributed by atoms with Crippen LogP contribution in [0.2, 0.25) is 0 Å².